The number of hydrogen-bond acceptors (Lipinski definition) is 5. The van der Waals surface area contributed by atoms with Crippen molar-refractivity contribution in [2.75, 3.05) is 20.7 Å². The third-order valence-corrected chi connectivity index (χ3v) is 4.18. The maximum absolute atomic E-state index is 12.2. The Balaban J connectivity index is 3.28. The van der Waals surface area contributed by atoms with E-state index in [-0.39, 0.29) is 17.2 Å². The third kappa shape index (κ3) is 3.34. The molecule has 0 fully saturated rings. The summed E-state index contributed by atoms with van der Waals surface area (Å²) >= 11 is 0. The Kier molecular flexibility index (Phi) is 4.72. The molecule has 0 aliphatic carbocycles. The zero-order chi connectivity index (χ0) is 14.8. The number of hydrogen-bond donors (Lipinski definition) is 2. The van der Waals surface area contributed by atoms with Gasteiger partial charge in [-0.15, -0.1) is 4.83 Å². The van der Waals surface area contributed by atoms with Crippen molar-refractivity contribution in [2.45, 2.75) is 25.7 Å². The molecule has 2 N–H and O–H groups in total. The van der Waals surface area contributed by atoms with Gasteiger partial charge in [-0.3, -0.25) is 0 Å². The van der Waals surface area contributed by atoms with Gasteiger partial charge in [-0.05, 0) is 20.8 Å². The number of nitrogens with zero attached hydrogens (tertiary/aromatic N) is 1. The van der Waals surface area contributed by atoms with Crippen LogP contribution in [-0.4, -0.2) is 45.1 Å². The Morgan fingerprint density at radius 2 is 1.95 bits per heavy atom. The van der Waals surface area contributed by atoms with Crippen molar-refractivity contribution in [3.8, 4) is 0 Å². The summed E-state index contributed by atoms with van der Waals surface area (Å²) in [6.45, 7) is 5.09. The minimum Gasteiger partial charge on any atom is -0.461 e. The topological polar surface area (TPSA) is 91.5 Å². The van der Waals surface area contributed by atoms with Gasteiger partial charge in [-0.2, -0.15) is 0 Å². The maximum atomic E-state index is 12.2. The number of aryl methyl sites for hydroxylation is 1. The summed E-state index contributed by atoms with van der Waals surface area (Å²) in [7, 11) is -0.570. The van der Waals surface area contributed by atoms with Gasteiger partial charge in [0.2, 0.25) is 0 Å². The molecule has 0 saturated heterocycles. The van der Waals surface area contributed by atoms with E-state index in [9.17, 15) is 13.2 Å². The highest BCUT2D eigenvalue weighted by Crippen LogP contribution is 2.23. The molecule has 0 aromatic carbocycles. The summed E-state index contributed by atoms with van der Waals surface area (Å²) in [5.41, 5.74) is 0.915. The predicted molar refractivity (Wildman–Crippen MR) is 70.2 cm³/mol. The van der Waals surface area contributed by atoms with Crippen LogP contribution in [0.3, 0.4) is 0 Å². The second kappa shape index (κ2) is 5.72. The monoisotopic (exact) mass is 289 g/mol. The van der Waals surface area contributed by atoms with Crippen LogP contribution in [0.15, 0.2) is 4.90 Å². The minimum atomic E-state index is -3.71. The molecule has 19 heavy (non-hydrogen) atoms. The van der Waals surface area contributed by atoms with Crippen molar-refractivity contribution < 1.29 is 17.9 Å². The molecular formula is C11H19N3O4S. The van der Waals surface area contributed by atoms with E-state index in [0.717, 1.165) is 0 Å². The Labute approximate surface area is 113 Å². The van der Waals surface area contributed by atoms with E-state index in [1.807, 2.05) is 0 Å². The van der Waals surface area contributed by atoms with E-state index in [1.54, 1.807) is 34.9 Å². The highest BCUT2D eigenvalue weighted by Gasteiger charge is 2.27. The molecule has 0 atom stereocenters. The van der Waals surface area contributed by atoms with Crippen molar-refractivity contribution in [2.24, 2.45) is 0 Å². The first-order chi connectivity index (χ1) is 8.70. The fourth-order valence-corrected chi connectivity index (χ4v) is 3.36. The lowest BCUT2D eigenvalue weighted by Crippen LogP contribution is -2.36. The summed E-state index contributed by atoms with van der Waals surface area (Å²) in [5.74, 6) is -0.561. The number of hydrazine groups is 1. The van der Waals surface area contributed by atoms with Crippen molar-refractivity contribution in [1.29, 1.82) is 0 Å². The van der Waals surface area contributed by atoms with Gasteiger partial charge < -0.3 is 9.72 Å². The number of aromatic amines is 1. The van der Waals surface area contributed by atoms with E-state index in [1.165, 1.54) is 5.01 Å². The Hall–Kier alpha value is -1.38. The smallest absolute Gasteiger partial charge is 0.355 e. The highest BCUT2D eigenvalue weighted by molar-refractivity contribution is 7.89. The molecule has 0 aliphatic rings. The number of H-pyrrole nitrogens is 1. The molecule has 0 amide bonds. The minimum absolute atomic E-state index is 0.0734. The summed E-state index contributed by atoms with van der Waals surface area (Å²) in [4.78, 5) is 16.9. The Bertz CT molecular complexity index is 575. The number of nitrogens with one attached hydrogen (secondary N) is 2. The number of carbonyl (C=O) groups is 1. The average molecular weight is 289 g/mol. The number of aromatic nitrogens is 1. The summed E-state index contributed by atoms with van der Waals surface area (Å²) in [6, 6.07) is 0. The maximum Gasteiger partial charge on any atom is 0.355 e. The second-order valence-corrected chi connectivity index (χ2v) is 5.89. The molecule has 108 valence electrons. The lowest BCUT2D eigenvalue weighted by atomic mass is 10.2. The lowest BCUT2D eigenvalue weighted by Gasteiger charge is -2.13. The van der Waals surface area contributed by atoms with Gasteiger partial charge in [0.25, 0.3) is 10.0 Å². The first-order valence-corrected chi connectivity index (χ1v) is 7.25. The SMILES string of the molecule is CCOC(=O)c1[nH]c(C)c(S(=O)(=O)NN(C)C)c1C. The molecule has 1 aromatic heterocycles. The van der Waals surface area contributed by atoms with Crippen LogP contribution < -0.4 is 4.83 Å². The number of ether oxygens (including phenoxy) is 1. The van der Waals surface area contributed by atoms with Gasteiger partial charge in [0.15, 0.2) is 0 Å². The molecule has 7 nitrogen and oxygen atoms in total. The zero-order valence-corrected chi connectivity index (χ0v) is 12.5. The first-order valence-electron chi connectivity index (χ1n) is 5.76. The van der Waals surface area contributed by atoms with Gasteiger partial charge in [0, 0.05) is 25.4 Å². The van der Waals surface area contributed by atoms with E-state index in [0.29, 0.717) is 11.3 Å². The summed E-state index contributed by atoms with van der Waals surface area (Å²) in [5, 5.41) is 1.32. The molecule has 0 unspecified atom stereocenters. The van der Waals surface area contributed by atoms with E-state index in [2.05, 4.69) is 9.82 Å². The van der Waals surface area contributed by atoms with Crippen LogP contribution in [0.5, 0.6) is 0 Å². The molecule has 1 heterocycles. The van der Waals surface area contributed by atoms with Crippen molar-refractivity contribution in [3.05, 3.63) is 17.0 Å². The Morgan fingerprint density at radius 3 is 2.42 bits per heavy atom. The van der Waals surface area contributed by atoms with Crippen LogP contribution >= 0.6 is 0 Å². The van der Waals surface area contributed by atoms with Crippen LogP contribution in [0.4, 0.5) is 0 Å². The molecule has 0 bridgehead atoms. The molecule has 1 aromatic rings. The van der Waals surface area contributed by atoms with Gasteiger partial charge in [0.1, 0.15) is 10.6 Å². The molecule has 0 spiro atoms. The zero-order valence-electron chi connectivity index (χ0n) is 11.7. The quantitative estimate of drug-likeness (QED) is 0.610. The van der Waals surface area contributed by atoms with Gasteiger partial charge in [-0.1, -0.05) is 0 Å². The van der Waals surface area contributed by atoms with Crippen LogP contribution in [0.25, 0.3) is 0 Å². The van der Waals surface area contributed by atoms with Crippen molar-refractivity contribution in [3.63, 3.8) is 0 Å². The standard InChI is InChI=1S/C11H19N3O4S/c1-6-18-11(15)9-7(2)10(8(3)12-9)19(16,17)13-14(4)5/h12-13H,6H2,1-5H3. The van der Waals surface area contributed by atoms with Crippen LogP contribution in [0, 0.1) is 13.8 Å². The second-order valence-electron chi connectivity index (χ2n) is 4.29. The predicted octanol–water partition coefficient (Wildman–Crippen LogP) is 0.563. The average Bonchev–Trinajstić information content (AvgIpc) is 2.53. The normalized spacial score (nSPS) is 11.9. The van der Waals surface area contributed by atoms with Crippen LogP contribution in [-0.2, 0) is 14.8 Å². The molecule has 1 rings (SSSR count). The van der Waals surface area contributed by atoms with Crippen LogP contribution in [0.1, 0.15) is 28.7 Å². The number of rotatable bonds is 5. The van der Waals surface area contributed by atoms with E-state index in [4.69, 9.17) is 4.74 Å². The summed E-state index contributed by atoms with van der Waals surface area (Å²) in [6.07, 6.45) is 0. The largest absolute Gasteiger partial charge is 0.461 e. The van der Waals surface area contributed by atoms with Crippen molar-refractivity contribution in [1.82, 2.24) is 14.8 Å². The van der Waals surface area contributed by atoms with Gasteiger partial charge in [-0.25, -0.2) is 18.2 Å². The molecular weight excluding hydrogens is 270 g/mol. The molecule has 0 aliphatic heterocycles. The molecule has 8 heteroatoms. The van der Waals surface area contributed by atoms with Crippen LogP contribution in [0.2, 0.25) is 0 Å². The Morgan fingerprint density at radius 1 is 1.37 bits per heavy atom. The summed E-state index contributed by atoms with van der Waals surface area (Å²) < 4.78 is 29.2. The van der Waals surface area contributed by atoms with Gasteiger partial charge >= 0.3 is 5.97 Å². The highest BCUT2D eigenvalue weighted by atomic mass is 32.2. The lowest BCUT2D eigenvalue weighted by molar-refractivity contribution is 0.0519. The van der Waals surface area contributed by atoms with E-state index >= 15 is 0 Å². The van der Waals surface area contributed by atoms with E-state index < -0.39 is 16.0 Å². The number of esters is 1. The van der Waals surface area contributed by atoms with Crippen molar-refractivity contribution >= 4 is 16.0 Å². The number of carbonyl (C=O) groups excluding carboxylic acids is 1. The van der Waals surface area contributed by atoms with Gasteiger partial charge in [0.05, 0.1) is 6.61 Å². The third-order valence-electron chi connectivity index (χ3n) is 2.42. The fourth-order valence-electron chi connectivity index (χ4n) is 1.83. The molecule has 0 saturated carbocycles. The number of sulfonamides is 1. The first kappa shape index (κ1) is 15.7. The molecule has 0 radical (unpaired) electrons. The fraction of sp³-hybridized carbons (Fsp3) is 0.545.